The molecule has 3 heterocycles. The molecule has 4 nitrogen and oxygen atoms in total. The summed E-state index contributed by atoms with van der Waals surface area (Å²) in [5.41, 5.74) is 9.39. The standard InChI is InChI=1S/C29H40N4/c1-19(2)22(5)16-26(30-7)27-17-28(24-10-11-24)33-18-25(15-23(6)29(33)31-27)32-13-8-9-20(3)21(4)12-14-32/h15-18,20-21H,1,8-14H2,2-7H3/b22-16+,30-26?. The lowest BCUT2D eigenvalue weighted by atomic mass is 9.87. The van der Waals surface area contributed by atoms with Crippen LogP contribution in [0.15, 0.2) is 80.4 Å². The first-order chi connectivity index (χ1) is 15.8. The van der Waals surface area contributed by atoms with Gasteiger partial charge in [-0.2, -0.15) is 0 Å². The van der Waals surface area contributed by atoms with Gasteiger partial charge in [-0.05, 0) is 99.7 Å². The highest BCUT2D eigenvalue weighted by molar-refractivity contribution is 6.13. The molecule has 4 rings (SSSR count). The molecule has 0 aromatic rings. The predicted molar refractivity (Wildman–Crippen MR) is 141 cm³/mol. The predicted octanol–water partition coefficient (Wildman–Crippen LogP) is 6.78. The molecule has 0 amide bonds. The zero-order valence-corrected chi connectivity index (χ0v) is 21.4. The van der Waals surface area contributed by atoms with Crippen LogP contribution in [0, 0.1) is 11.8 Å². The van der Waals surface area contributed by atoms with Gasteiger partial charge in [0.15, 0.2) is 0 Å². The fraction of sp³-hybridized carbons (Fsp3) is 0.517. The van der Waals surface area contributed by atoms with Crippen molar-refractivity contribution in [3.8, 4) is 0 Å². The van der Waals surface area contributed by atoms with Gasteiger partial charge in [-0.3, -0.25) is 9.89 Å². The minimum Gasteiger partial charge on any atom is -0.370 e. The van der Waals surface area contributed by atoms with Gasteiger partial charge in [0.1, 0.15) is 5.84 Å². The van der Waals surface area contributed by atoms with E-state index in [1.165, 1.54) is 54.6 Å². The Hall–Kier alpha value is -2.62. The van der Waals surface area contributed by atoms with E-state index in [1.807, 2.05) is 14.0 Å². The van der Waals surface area contributed by atoms with Crippen molar-refractivity contribution in [2.45, 2.75) is 66.7 Å². The molecular formula is C29H40N4. The molecule has 0 bridgehead atoms. The lowest BCUT2D eigenvalue weighted by molar-refractivity contribution is 0.229. The molecule has 0 aromatic heterocycles. The average molecular weight is 445 g/mol. The number of hydrogen-bond donors (Lipinski definition) is 0. The van der Waals surface area contributed by atoms with Gasteiger partial charge in [0.25, 0.3) is 0 Å². The second kappa shape index (κ2) is 9.70. The molecule has 0 N–H and O–H groups in total. The van der Waals surface area contributed by atoms with Crippen LogP contribution in [0.1, 0.15) is 66.7 Å². The molecule has 1 saturated heterocycles. The van der Waals surface area contributed by atoms with Crippen LogP contribution in [0.3, 0.4) is 0 Å². The lowest BCUT2D eigenvalue weighted by Gasteiger charge is -2.37. The quantitative estimate of drug-likeness (QED) is 0.353. The van der Waals surface area contributed by atoms with Crippen molar-refractivity contribution in [1.29, 1.82) is 0 Å². The maximum atomic E-state index is 5.10. The summed E-state index contributed by atoms with van der Waals surface area (Å²) in [5.74, 6) is 2.64. The highest BCUT2D eigenvalue weighted by atomic mass is 15.2. The first-order valence-corrected chi connectivity index (χ1v) is 12.6. The Morgan fingerprint density at radius 1 is 1.12 bits per heavy atom. The number of hydrogen-bond acceptors (Lipinski definition) is 4. The van der Waals surface area contributed by atoms with E-state index >= 15 is 0 Å². The van der Waals surface area contributed by atoms with Crippen molar-refractivity contribution < 1.29 is 0 Å². The summed E-state index contributed by atoms with van der Waals surface area (Å²) in [6.45, 7) is 17.5. The van der Waals surface area contributed by atoms with Gasteiger partial charge in [-0.1, -0.05) is 26.0 Å². The van der Waals surface area contributed by atoms with Gasteiger partial charge in [0, 0.05) is 32.0 Å². The fourth-order valence-electron chi connectivity index (χ4n) is 4.76. The van der Waals surface area contributed by atoms with Crippen LogP contribution in [-0.4, -0.2) is 41.5 Å². The third-order valence-electron chi connectivity index (χ3n) is 7.64. The number of nitrogens with zero attached hydrogens (tertiary/aromatic N) is 4. The molecule has 3 aliphatic heterocycles. The smallest absolute Gasteiger partial charge is 0.140 e. The van der Waals surface area contributed by atoms with E-state index in [0.29, 0.717) is 0 Å². The van der Waals surface area contributed by atoms with Gasteiger partial charge in [0.2, 0.25) is 0 Å². The van der Waals surface area contributed by atoms with Crippen molar-refractivity contribution in [2.75, 3.05) is 20.1 Å². The number of allylic oxidation sites excluding steroid dienone is 6. The van der Waals surface area contributed by atoms with Crippen molar-refractivity contribution >= 4 is 11.5 Å². The maximum absolute atomic E-state index is 5.10. The molecule has 2 fully saturated rings. The van der Waals surface area contributed by atoms with Crippen LogP contribution in [0.2, 0.25) is 0 Å². The fourth-order valence-corrected chi connectivity index (χ4v) is 4.76. The van der Waals surface area contributed by atoms with E-state index in [-0.39, 0.29) is 0 Å². The number of amidine groups is 1. The highest BCUT2D eigenvalue weighted by Gasteiger charge is 2.31. The van der Waals surface area contributed by atoms with Gasteiger partial charge in [0.05, 0.1) is 17.1 Å². The van der Waals surface area contributed by atoms with Crippen molar-refractivity contribution in [3.63, 3.8) is 0 Å². The highest BCUT2D eigenvalue weighted by Crippen LogP contribution is 2.39. The summed E-state index contributed by atoms with van der Waals surface area (Å²) in [6, 6.07) is 0. The molecule has 0 radical (unpaired) electrons. The Labute approximate surface area is 200 Å². The topological polar surface area (TPSA) is 31.2 Å². The van der Waals surface area contributed by atoms with Crippen LogP contribution in [0.5, 0.6) is 0 Å². The normalized spacial score (nSPS) is 26.6. The van der Waals surface area contributed by atoms with Gasteiger partial charge < -0.3 is 4.90 Å². The van der Waals surface area contributed by atoms with E-state index in [4.69, 9.17) is 4.99 Å². The molecule has 0 spiro atoms. The summed E-state index contributed by atoms with van der Waals surface area (Å²) in [7, 11) is 1.85. The summed E-state index contributed by atoms with van der Waals surface area (Å²) in [6.07, 6.45) is 15.2. The van der Waals surface area contributed by atoms with Crippen molar-refractivity contribution in [2.24, 2.45) is 21.8 Å². The first-order valence-electron chi connectivity index (χ1n) is 12.6. The van der Waals surface area contributed by atoms with E-state index in [2.05, 4.69) is 73.5 Å². The monoisotopic (exact) mass is 444 g/mol. The van der Waals surface area contributed by atoms with E-state index < -0.39 is 0 Å². The molecule has 0 aromatic carbocycles. The first kappa shape index (κ1) is 23.5. The number of fused-ring (bicyclic) bond motifs is 1. The molecular weight excluding hydrogens is 404 g/mol. The molecule has 2 unspecified atom stereocenters. The molecule has 33 heavy (non-hydrogen) atoms. The zero-order valence-electron chi connectivity index (χ0n) is 21.4. The number of rotatable bonds is 4. The maximum Gasteiger partial charge on any atom is 0.140 e. The van der Waals surface area contributed by atoms with Crippen LogP contribution < -0.4 is 0 Å². The Kier molecular flexibility index (Phi) is 6.92. The summed E-state index contributed by atoms with van der Waals surface area (Å²) in [4.78, 5) is 14.6. The van der Waals surface area contributed by atoms with E-state index in [0.717, 1.165) is 53.3 Å². The Bertz CT molecular complexity index is 1040. The van der Waals surface area contributed by atoms with Crippen LogP contribution in [0.4, 0.5) is 0 Å². The largest absolute Gasteiger partial charge is 0.370 e. The second-order valence-corrected chi connectivity index (χ2v) is 10.3. The van der Waals surface area contributed by atoms with Crippen molar-refractivity contribution in [3.05, 3.63) is 70.4 Å². The van der Waals surface area contributed by atoms with Crippen LogP contribution in [0.25, 0.3) is 0 Å². The summed E-state index contributed by atoms with van der Waals surface area (Å²) >= 11 is 0. The van der Waals surface area contributed by atoms with Crippen molar-refractivity contribution in [1.82, 2.24) is 9.80 Å². The van der Waals surface area contributed by atoms with Gasteiger partial charge in [-0.25, -0.2) is 4.99 Å². The lowest BCUT2D eigenvalue weighted by Crippen LogP contribution is -2.37. The zero-order chi connectivity index (χ0) is 23.7. The number of likely N-dealkylation sites (tertiary alicyclic amines) is 1. The third-order valence-corrected chi connectivity index (χ3v) is 7.64. The Morgan fingerprint density at radius 3 is 2.52 bits per heavy atom. The Morgan fingerprint density at radius 2 is 1.85 bits per heavy atom. The van der Waals surface area contributed by atoms with Crippen LogP contribution >= 0.6 is 0 Å². The van der Waals surface area contributed by atoms with Crippen LogP contribution in [-0.2, 0) is 0 Å². The van der Waals surface area contributed by atoms with E-state index in [1.54, 1.807) is 0 Å². The van der Waals surface area contributed by atoms with Gasteiger partial charge in [-0.15, -0.1) is 0 Å². The molecule has 4 heteroatoms. The average Bonchev–Trinajstić information content (AvgIpc) is 3.62. The number of aliphatic imine (C=N–C) groups is 2. The molecule has 2 atom stereocenters. The van der Waals surface area contributed by atoms with Gasteiger partial charge >= 0.3 is 0 Å². The minimum absolute atomic E-state index is 0.784. The second-order valence-electron chi connectivity index (χ2n) is 10.3. The Balaban J connectivity index is 1.66. The molecule has 1 aliphatic carbocycles. The summed E-state index contributed by atoms with van der Waals surface area (Å²) in [5, 5.41) is 0. The molecule has 176 valence electrons. The minimum atomic E-state index is 0.784. The van der Waals surface area contributed by atoms with E-state index in [9.17, 15) is 0 Å². The molecule has 1 saturated carbocycles. The summed E-state index contributed by atoms with van der Waals surface area (Å²) < 4.78 is 0. The molecule has 4 aliphatic rings. The SMILES string of the molecule is C=C(C)/C(C)=C/C(=NC)C1=CC(=C2CC2)N2C=C(N3CCCC(C)C(C)CC3)C=C(C)C2=N1. The third kappa shape index (κ3) is 5.15.